The van der Waals surface area contributed by atoms with E-state index in [0.717, 1.165) is 51.9 Å². The molecule has 0 atom stereocenters. The highest BCUT2D eigenvalue weighted by Gasteiger charge is 2.17. The zero-order chi connectivity index (χ0) is 33.1. The fraction of sp³-hybridized carbons (Fsp3) is 0.951. The first kappa shape index (κ1) is 43.9. The minimum atomic E-state index is 0.282. The van der Waals surface area contributed by atoms with Gasteiger partial charge < -0.3 is 9.80 Å². The summed E-state index contributed by atoms with van der Waals surface area (Å²) >= 11 is 0. The second-order valence-corrected chi connectivity index (χ2v) is 14.1. The number of nitrogens with zero attached hydrogens (tertiary/aromatic N) is 2. The zero-order valence-corrected chi connectivity index (χ0v) is 31.5. The molecule has 0 aliphatic rings. The van der Waals surface area contributed by atoms with Crippen molar-refractivity contribution in [2.45, 2.75) is 227 Å². The van der Waals surface area contributed by atoms with E-state index in [1.165, 1.54) is 154 Å². The second kappa shape index (κ2) is 35.8. The maximum absolute atomic E-state index is 13.3. The Morgan fingerprint density at radius 2 is 0.489 bits per heavy atom. The number of hydrogen-bond donors (Lipinski definition) is 0. The van der Waals surface area contributed by atoms with Gasteiger partial charge in [0.1, 0.15) is 0 Å². The Bertz CT molecular complexity index is 571. The predicted molar refractivity (Wildman–Crippen MR) is 199 cm³/mol. The number of hydrogen-bond acceptors (Lipinski definition) is 2. The van der Waals surface area contributed by atoms with Gasteiger partial charge in [-0.2, -0.15) is 0 Å². The lowest BCUT2D eigenvalue weighted by atomic mass is 10.1. The van der Waals surface area contributed by atoms with Crippen molar-refractivity contribution in [3.8, 4) is 0 Å². The molecule has 0 aliphatic carbocycles. The minimum Gasteiger partial charge on any atom is -0.343 e. The molecule has 4 heteroatoms. The van der Waals surface area contributed by atoms with Crippen LogP contribution in [0.25, 0.3) is 0 Å². The van der Waals surface area contributed by atoms with Crippen LogP contribution in [-0.4, -0.2) is 47.8 Å². The first-order chi connectivity index (χ1) is 22.1. The molecule has 0 saturated carbocycles. The summed E-state index contributed by atoms with van der Waals surface area (Å²) in [5.74, 6) is 0.565. The van der Waals surface area contributed by atoms with E-state index < -0.39 is 0 Å². The molecule has 2 amide bonds. The van der Waals surface area contributed by atoms with Gasteiger partial charge in [0.2, 0.25) is 11.8 Å². The molecule has 4 nitrogen and oxygen atoms in total. The molecular weight excluding hydrogens is 552 g/mol. The van der Waals surface area contributed by atoms with Crippen molar-refractivity contribution >= 4 is 11.8 Å². The lowest BCUT2D eigenvalue weighted by Gasteiger charge is -2.24. The lowest BCUT2D eigenvalue weighted by molar-refractivity contribution is -0.133. The van der Waals surface area contributed by atoms with Gasteiger partial charge in [0.05, 0.1) is 0 Å². The third kappa shape index (κ3) is 30.0. The van der Waals surface area contributed by atoms with E-state index in [1.54, 1.807) is 0 Å². The summed E-state index contributed by atoms with van der Waals surface area (Å²) in [5, 5.41) is 0. The fourth-order valence-corrected chi connectivity index (χ4v) is 6.47. The van der Waals surface area contributed by atoms with Crippen molar-refractivity contribution in [2.24, 2.45) is 0 Å². The molecule has 0 aromatic carbocycles. The summed E-state index contributed by atoms with van der Waals surface area (Å²) in [6, 6.07) is 0. The van der Waals surface area contributed by atoms with Gasteiger partial charge in [0.15, 0.2) is 0 Å². The molecule has 0 aromatic heterocycles. The van der Waals surface area contributed by atoms with Crippen LogP contribution in [0.4, 0.5) is 0 Å². The molecule has 0 unspecified atom stereocenters. The molecule has 0 radical (unpaired) electrons. The number of unbranched alkanes of at least 4 members (excludes halogenated alkanes) is 24. The van der Waals surface area contributed by atoms with Crippen LogP contribution >= 0.6 is 0 Å². The van der Waals surface area contributed by atoms with E-state index in [9.17, 15) is 9.59 Å². The van der Waals surface area contributed by atoms with E-state index in [1.807, 2.05) is 0 Å². The van der Waals surface area contributed by atoms with Gasteiger partial charge >= 0.3 is 0 Å². The van der Waals surface area contributed by atoms with E-state index in [4.69, 9.17) is 0 Å². The standard InChI is InChI=1S/C41H82N2O2/c1-5-9-13-17-21-23-27-31-38-42(36-29-25-19-15-11-7-3)40(44)34-33-35-41(45)43(37-30-26-20-16-12-8-4)39-32-28-24-22-18-14-10-6-2/h5-39H2,1-4H3. The van der Waals surface area contributed by atoms with Gasteiger partial charge in [-0.25, -0.2) is 0 Å². The summed E-state index contributed by atoms with van der Waals surface area (Å²) < 4.78 is 0. The average molecular weight is 635 g/mol. The van der Waals surface area contributed by atoms with Crippen LogP contribution in [0.2, 0.25) is 0 Å². The Hall–Kier alpha value is -1.06. The molecule has 0 bridgehead atoms. The summed E-state index contributed by atoms with van der Waals surface area (Å²) in [5.41, 5.74) is 0. The van der Waals surface area contributed by atoms with Crippen LogP contribution < -0.4 is 0 Å². The number of amides is 2. The van der Waals surface area contributed by atoms with E-state index in [2.05, 4.69) is 37.5 Å². The van der Waals surface area contributed by atoms with Crippen molar-refractivity contribution in [3.05, 3.63) is 0 Å². The van der Waals surface area contributed by atoms with E-state index in [0.29, 0.717) is 19.3 Å². The van der Waals surface area contributed by atoms with Crippen LogP contribution in [0.1, 0.15) is 227 Å². The Morgan fingerprint density at radius 3 is 0.711 bits per heavy atom. The van der Waals surface area contributed by atoms with E-state index >= 15 is 0 Å². The monoisotopic (exact) mass is 635 g/mol. The third-order valence-corrected chi connectivity index (χ3v) is 9.61. The smallest absolute Gasteiger partial charge is 0.222 e. The Morgan fingerprint density at radius 1 is 0.289 bits per heavy atom. The van der Waals surface area contributed by atoms with Crippen molar-refractivity contribution in [2.75, 3.05) is 26.2 Å². The number of carbonyl (C=O) groups excluding carboxylic acids is 2. The summed E-state index contributed by atoms with van der Waals surface area (Å²) in [6.07, 6.45) is 37.6. The summed E-state index contributed by atoms with van der Waals surface area (Å²) in [4.78, 5) is 31.0. The highest BCUT2D eigenvalue weighted by Crippen LogP contribution is 2.15. The Kier molecular flexibility index (Phi) is 34.9. The molecule has 0 spiro atoms. The zero-order valence-electron chi connectivity index (χ0n) is 31.5. The van der Waals surface area contributed by atoms with Gasteiger partial charge in [0.25, 0.3) is 0 Å². The van der Waals surface area contributed by atoms with Crippen LogP contribution in [0.15, 0.2) is 0 Å². The highest BCUT2D eigenvalue weighted by molar-refractivity contribution is 5.79. The molecule has 0 fully saturated rings. The molecule has 0 saturated heterocycles. The molecule has 0 aromatic rings. The van der Waals surface area contributed by atoms with Crippen LogP contribution in [0.3, 0.4) is 0 Å². The largest absolute Gasteiger partial charge is 0.343 e. The summed E-state index contributed by atoms with van der Waals surface area (Å²) in [7, 11) is 0. The van der Waals surface area contributed by atoms with Crippen LogP contribution in [-0.2, 0) is 9.59 Å². The maximum Gasteiger partial charge on any atom is 0.222 e. The Labute approximate surface area is 283 Å². The Balaban J connectivity index is 4.69. The predicted octanol–water partition coefficient (Wildman–Crippen LogP) is 12.8. The first-order valence-electron chi connectivity index (χ1n) is 20.7. The number of rotatable bonds is 36. The molecule has 0 aliphatic heterocycles. The second-order valence-electron chi connectivity index (χ2n) is 14.1. The third-order valence-electron chi connectivity index (χ3n) is 9.61. The average Bonchev–Trinajstić information content (AvgIpc) is 3.04. The quantitative estimate of drug-likeness (QED) is 0.0643. The molecular formula is C41H82N2O2. The van der Waals surface area contributed by atoms with Gasteiger partial charge in [-0.1, -0.05) is 182 Å². The van der Waals surface area contributed by atoms with Crippen molar-refractivity contribution in [1.82, 2.24) is 9.80 Å². The highest BCUT2D eigenvalue weighted by atomic mass is 16.2. The fourth-order valence-electron chi connectivity index (χ4n) is 6.47. The molecule has 0 N–H and O–H groups in total. The van der Waals surface area contributed by atoms with Gasteiger partial charge in [-0.3, -0.25) is 9.59 Å². The molecule has 0 heterocycles. The van der Waals surface area contributed by atoms with Gasteiger partial charge in [-0.05, 0) is 32.1 Å². The maximum atomic E-state index is 13.3. The van der Waals surface area contributed by atoms with Crippen LogP contribution in [0, 0.1) is 0 Å². The topological polar surface area (TPSA) is 40.6 Å². The van der Waals surface area contributed by atoms with Crippen LogP contribution in [0.5, 0.6) is 0 Å². The summed E-state index contributed by atoms with van der Waals surface area (Å²) in [6.45, 7) is 12.7. The minimum absolute atomic E-state index is 0.282. The van der Waals surface area contributed by atoms with Crippen molar-refractivity contribution in [1.29, 1.82) is 0 Å². The molecule has 268 valence electrons. The van der Waals surface area contributed by atoms with Gasteiger partial charge in [0, 0.05) is 39.0 Å². The molecule has 0 rings (SSSR count). The van der Waals surface area contributed by atoms with Crippen molar-refractivity contribution < 1.29 is 9.59 Å². The van der Waals surface area contributed by atoms with Crippen molar-refractivity contribution in [3.63, 3.8) is 0 Å². The SMILES string of the molecule is CCCCCCCCCCN(CCCCCCCC)C(=O)CCCC(=O)N(CCCCCCCC)CCCCCCCCCC. The van der Waals surface area contributed by atoms with E-state index in [-0.39, 0.29) is 11.8 Å². The van der Waals surface area contributed by atoms with Gasteiger partial charge in [-0.15, -0.1) is 0 Å². The normalized spacial score (nSPS) is 11.3. The number of carbonyl (C=O) groups is 2. The first-order valence-corrected chi connectivity index (χ1v) is 20.7. The molecule has 45 heavy (non-hydrogen) atoms. The lowest BCUT2D eigenvalue weighted by Crippen LogP contribution is -2.34.